The first-order chi connectivity index (χ1) is 10.9. The van der Waals surface area contributed by atoms with Gasteiger partial charge in [-0.15, -0.1) is 12.4 Å². The van der Waals surface area contributed by atoms with E-state index < -0.39 is 4.92 Å². The van der Waals surface area contributed by atoms with Crippen LogP contribution in [0.1, 0.15) is 32.6 Å². The molecule has 1 aromatic carbocycles. The number of nitrogens with two attached hydrogens (primary N) is 1. The van der Waals surface area contributed by atoms with Gasteiger partial charge in [0.1, 0.15) is 0 Å². The maximum absolute atomic E-state index is 12.0. The van der Waals surface area contributed by atoms with E-state index in [1.165, 1.54) is 12.1 Å². The van der Waals surface area contributed by atoms with Crippen LogP contribution in [0.4, 0.5) is 11.4 Å². The minimum atomic E-state index is -0.428. The summed E-state index contributed by atoms with van der Waals surface area (Å²) in [6, 6.07) is 6.24. The van der Waals surface area contributed by atoms with Crippen LogP contribution >= 0.6 is 12.4 Å². The van der Waals surface area contributed by atoms with Crippen LogP contribution < -0.4 is 16.4 Å². The summed E-state index contributed by atoms with van der Waals surface area (Å²) in [5.41, 5.74) is 6.38. The van der Waals surface area contributed by atoms with Crippen molar-refractivity contribution < 1.29 is 9.72 Å². The second-order valence-corrected chi connectivity index (χ2v) is 6.28. The van der Waals surface area contributed by atoms with Gasteiger partial charge in [0.15, 0.2) is 0 Å². The smallest absolute Gasteiger partial charge is 0.269 e. The molecule has 4 N–H and O–H groups in total. The summed E-state index contributed by atoms with van der Waals surface area (Å²) < 4.78 is 0. The molecule has 1 aliphatic rings. The van der Waals surface area contributed by atoms with Crippen molar-refractivity contribution in [3.05, 3.63) is 34.4 Å². The fourth-order valence-corrected chi connectivity index (χ4v) is 2.60. The van der Waals surface area contributed by atoms with Crippen molar-refractivity contribution in [3.63, 3.8) is 0 Å². The van der Waals surface area contributed by atoms with Gasteiger partial charge >= 0.3 is 0 Å². The number of carbonyl (C=O) groups excluding carboxylic acids is 1. The first kappa shape index (κ1) is 20.2. The van der Waals surface area contributed by atoms with Gasteiger partial charge in [0.25, 0.3) is 5.69 Å². The minimum absolute atomic E-state index is 0. The van der Waals surface area contributed by atoms with Crippen molar-refractivity contribution in [2.24, 2.45) is 11.7 Å². The number of nitro groups is 1. The summed E-state index contributed by atoms with van der Waals surface area (Å²) in [6.45, 7) is 3.11. The highest BCUT2D eigenvalue weighted by molar-refractivity contribution is 5.85. The van der Waals surface area contributed by atoms with Crippen LogP contribution in [0.3, 0.4) is 0 Å². The number of anilines is 1. The maximum atomic E-state index is 12.0. The van der Waals surface area contributed by atoms with Crippen molar-refractivity contribution in [1.29, 1.82) is 0 Å². The number of hydrogen-bond donors (Lipinski definition) is 3. The van der Waals surface area contributed by atoms with E-state index >= 15 is 0 Å². The van der Waals surface area contributed by atoms with Crippen LogP contribution in [0.2, 0.25) is 0 Å². The van der Waals surface area contributed by atoms with Gasteiger partial charge in [-0.25, -0.2) is 0 Å². The molecule has 2 rings (SSSR count). The number of benzene rings is 1. The van der Waals surface area contributed by atoms with Crippen molar-refractivity contribution in [2.45, 2.75) is 38.1 Å². The third kappa shape index (κ3) is 5.65. The Morgan fingerprint density at radius 1 is 1.38 bits per heavy atom. The summed E-state index contributed by atoms with van der Waals surface area (Å²) in [7, 11) is 0. The second-order valence-electron chi connectivity index (χ2n) is 6.28. The zero-order valence-electron chi connectivity index (χ0n) is 13.8. The van der Waals surface area contributed by atoms with E-state index in [0.717, 1.165) is 18.5 Å². The van der Waals surface area contributed by atoms with Crippen molar-refractivity contribution in [3.8, 4) is 0 Å². The topological polar surface area (TPSA) is 110 Å². The lowest BCUT2D eigenvalue weighted by atomic mass is 9.95. The highest BCUT2D eigenvalue weighted by atomic mass is 35.5. The van der Waals surface area contributed by atoms with Gasteiger partial charge in [-0.1, -0.05) is 0 Å². The number of hydrogen-bond acceptors (Lipinski definition) is 5. The molecular weight excluding hydrogens is 332 g/mol. The first-order valence-corrected chi connectivity index (χ1v) is 7.94. The Bertz CT molecular complexity index is 563. The molecule has 0 aromatic heterocycles. The van der Waals surface area contributed by atoms with E-state index in [1.807, 2.05) is 6.92 Å². The molecule has 0 heterocycles. The number of nitrogens with zero attached hydrogens (tertiary/aromatic N) is 1. The Labute approximate surface area is 147 Å². The monoisotopic (exact) mass is 356 g/mol. The zero-order chi connectivity index (χ0) is 16.9. The van der Waals surface area contributed by atoms with E-state index in [4.69, 9.17) is 5.73 Å². The van der Waals surface area contributed by atoms with Gasteiger partial charge in [-0.3, -0.25) is 14.9 Å². The average molecular weight is 357 g/mol. The summed E-state index contributed by atoms with van der Waals surface area (Å²) in [5.74, 6) is 0.532. The normalized spacial score (nSPS) is 15.8. The quantitative estimate of drug-likeness (QED) is 0.357. The first-order valence-electron chi connectivity index (χ1n) is 7.94. The molecule has 0 bridgehead atoms. The molecule has 1 saturated carbocycles. The molecule has 8 heteroatoms. The predicted molar refractivity (Wildman–Crippen MR) is 96.4 cm³/mol. The van der Waals surface area contributed by atoms with Gasteiger partial charge in [0.05, 0.1) is 10.5 Å². The number of non-ortho nitro benzene ring substituents is 1. The molecule has 1 aliphatic carbocycles. The summed E-state index contributed by atoms with van der Waals surface area (Å²) in [6.07, 6.45) is 3.39. The van der Waals surface area contributed by atoms with Crippen LogP contribution in [0.25, 0.3) is 0 Å². The van der Waals surface area contributed by atoms with Crippen LogP contribution in [-0.2, 0) is 4.79 Å². The standard InChI is InChI=1S/C16H24N4O3.ClH/c1-16(11-17,12-4-5-12)19-15(21)3-2-10-18-13-6-8-14(9-7-13)20(22)23;/h6-9,12,18H,2-5,10-11,17H2,1H3,(H,19,21);1H. The average Bonchev–Trinajstić information content (AvgIpc) is 3.37. The molecule has 134 valence electrons. The van der Waals surface area contributed by atoms with Gasteiger partial charge in [0.2, 0.25) is 5.91 Å². The van der Waals surface area contributed by atoms with Gasteiger partial charge in [0, 0.05) is 37.3 Å². The fraction of sp³-hybridized carbons (Fsp3) is 0.562. The molecule has 1 unspecified atom stereocenters. The molecule has 0 spiro atoms. The van der Waals surface area contributed by atoms with E-state index in [2.05, 4.69) is 10.6 Å². The van der Waals surface area contributed by atoms with E-state index in [1.54, 1.807) is 12.1 Å². The molecule has 1 atom stereocenters. The highest BCUT2D eigenvalue weighted by Gasteiger charge is 2.41. The van der Waals surface area contributed by atoms with Crippen LogP contribution in [0.15, 0.2) is 24.3 Å². The summed E-state index contributed by atoms with van der Waals surface area (Å²) in [5, 5.41) is 16.8. The number of nitrogens with one attached hydrogen (secondary N) is 2. The number of nitro benzene ring substituents is 1. The van der Waals surface area contributed by atoms with E-state index in [9.17, 15) is 14.9 Å². The third-order valence-corrected chi connectivity index (χ3v) is 4.32. The SMILES string of the molecule is CC(CN)(NC(=O)CCCNc1ccc([N+](=O)[O-])cc1)C1CC1.Cl. The Hall–Kier alpha value is -1.86. The van der Waals surface area contributed by atoms with Crippen LogP contribution in [-0.4, -0.2) is 29.5 Å². The molecular formula is C16H25ClN4O3. The lowest BCUT2D eigenvalue weighted by Crippen LogP contribution is -2.53. The zero-order valence-corrected chi connectivity index (χ0v) is 14.6. The number of amides is 1. The van der Waals surface area contributed by atoms with E-state index in [-0.39, 0.29) is 29.5 Å². The maximum Gasteiger partial charge on any atom is 0.269 e. The molecule has 0 aliphatic heterocycles. The van der Waals surface area contributed by atoms with Crippen molar-refractivity contribution >= 4 is 29.7 Å². The number of halogens is 1. The van der Waals surface area contributed by atoms with Crippen molar-refractivity contribution in [2.75, 3.05) is 18.4 Å². The molecule has 0 radical (unpaired) electrons. The highest BCUT2D eigenvalue weighted by Crippen LogP contribution is 2.38. The molecule has 24 heavy (non-hydrogen) atoms. The van der Waals surface area contributed by atoms with E-state index in [0.29, 0.717) is 31.8 Å². The van der Waals surface area contributed by atoms with Gasteiger partial charge in [-0.2, -0.15) is 0 Å². The lowest BCUT2D eigenvalue weighted by molar-refractivity contribution is -0.384. The predicted octanol–water partition coefficient (Wildman–Crippen LogP) is 2.45. The minimum Gasteiger partial charge on any atom is -0.385 e. The lowest BCUT2D eigenvalue weighted by Gasteiger charge is -2.29. The van der Waals surface area contributed by atoms with Crippen LogP contribution in [0.5, 0.6) is 0 Å². The summed E-state index contributed by atoms with van der Waals surface area (Å²) in [4.78, 5) is 22.2. The molecule has 1 amide bonds. The number of carbonyl (C=O) groups is 1. The largest absolute Gasteiger partial charge is 0.385 e. The Morgan fingerprint density at radius 3 is 2.50 bits per heavy atom. The molecule has 0 saturated heterocycles. The molecule has 7 nitrogen and oxygen atoms in total. The fourth-order valence-electron chi connectivity index (χ4n) is 2.60. The molecule has 1 aromatic rings. The Morgan fingerprint density at radius 2 is 2.00 bits per heavy atom. The number of rotatable bonds is 9. The molecule has 1 fully saturated rings. The Kier molecular flexibility index (Phi) is 7.44. The third-order valence-electron chi connectivity index (χ3n) is 4.32. The Balaban J connectivity index is 0.00000288. The summed E-state index contributed by atoms with van der Waals surface area (Å²) >= 11 is 0. The van der Waals surface area contributed by atoms with Gasteiger partial charge in [-0.05, 0) is 44.2 Å². The van der Waals surface area contributed by atoms with Gasteiger partial charge < -0.3 is 16.4 Å². The van der Waals surface area contributed by atoms with Crippen LogP contribution in [0, 0.1) is 16.0 Å². The second kappa shape index (κ2) is 8.84. The van der Waals surface area contributed by atoms with Crippen molar-refractivity contribution in [1.82, 2.24) is 5.32 Å².